The molecule has 5 heteroatoms. The number of hydrogen-bond acceptors (Lipinski definition) is 2. The molecule has 0 atom stereocenters. The van der Waals surface area contributed by atoms with E-state index in [1.807, 2.05) is 6.92 Å². The third-order valence-electron chi connectivity index (χ3n) is 1.85. The summed E-state index contributed by atoms with van der Waals surface area (Å²) in [5, 5.41) is 2.59. The molecule has 0 aromatic carbocycles. The van der Waals surface area contributed by atoms with Crippen molar-refractivity contribution >= 4 is 23.2 Å². The van der Waals surface area contributed by atoms with Gasteiger partial charge >= 0.3 is 0 Å². The first-order chi connectivity index (χ1) is 7.17. The zero-order chi connectivity index (χ0) is 11.3. The van der Waals surface area contributed by atoms with Crippen molar-refractivity contribution < 1.29 is 4.79 Å². The molecule has 0 aliphatic carbocycles. The number of anilines is 1. The summed E-state index contributed by atoms with van der Waals surface area (Å²) in [7, 11) is 0. The number of aryl methyl sites for hydroxylation is 1. The molecule has 0 radical (unpaired) electrons. The number of amides is 1. The molecule has 0 aliphatic heterocycles. The summed E-state index contributed by atoms with van der Waals surface area (Å²) in [6.45, 7) is 2.62. The van der Waals surface area contributed by atoms with Crippen molar-refractivity contribution in [2.75, 3.05) is 11.2 Å². The number of nitrogens with one attached hydrogen (secondary N) is 1. The maximum absolute atomic E-state index is 11.3. The van der Waals surface area contributed by atoms with Crippen LogP contribution in [0, 0.1) is 0 Å². The summed E-state index contributed by atoms with van der Waals surface area (Å²) in [5.41, 5.74) is 0.523. The number of nitrogens with zero attached hydrogens (tertiary/aromatic N) is 1. The van der Waals surface area contributed by atoms with Crippen molar-refractivity contribution in [3.05, 3.63) is 28.7 Å². The highest BCUT2D eigenvalue weighted by atomic mass is 35.5. The zero-order valence-corrected chi connectivity index (χ0v) is 9.25. The number of alkyl halides is 1. The lowest BCUT2D eigenvalue weighted by Crippen LogP contribution is -2.20. The van der Waals surface area contributed by atoms with Gasteiger partial charge in [-0.3, -0.25) is 9.59 Å². The van der Waals surface area contributed by atoms with Crippen LogP contribution in [0.25, 0.3) is 0 Å². The molecule has 1 heterocycles. The van der Waals surface area contributed by atoms with Gasteiger partial charge in [0.15, 0.2) is 0 Å². The Morgan fingerprint density at radius 3 is 2.87 bits per heavy atom. The van der Waals surface area contributed by atoms with Crippen LogP contribution in [0.1, 0.15) is 13.3 Å². The van der Waals surface area contributed by atoms with Crippen LogP contribution in [-0.4, -0.2) is 16.4 Å². The van der Waals surface area contributed by atoms with Crippen molar-refractivity contribution in [3.8, 4) is 0 Å². The monoisotopic (exact) mass is 228 g/mol. The van der Waals surface area contributed by atoms with Crippen LogP contribution in [0.5, 0.6) is 0 Å². The SMILES string of the molecule is CCCn1cc(NC(=O)CCl)ccc1=O. The number of carbonyl (C=O) groups is 1. The Labute approximate surface area is 92.9 Å². The second kappa shape index (κ2) is 5.56. The Kier molecular flexibility index (Phi) is 4.37. The Morgan fingerprint density at radius 2 is 2.27 bits per heavy atom. The molecule has 0 unspecified atom stereocenters. The van der Waals surface area contributed by atoms with Crippen LogP contribution < -0.4 is 10.9 Å². The number of rotatable bonds is 4. The number of halogens is 1. The van der Waals surface area contributed by atoms with E-state index in [-0.39, 0.29) is 17.3 Å². The van der Waals surface area contributed by atoms with Crippen molar-refractivity contribution in [1.29, 1.82) is 0 Å². The molecule has 1 aromatic heterocycles. The van der Waals surface area contributed by atoms with Crippen molar-refractivity contribution in [3.63, 3.8) is 0 Å². The predicted octanol–water partition coefficient (Wildman–Crippen LogP) is 1.44. The molecule has 0 spiro atoms. The van der Waals surface area contributed by atoms with Gasteiger partial charge in [-0.05, 0) is 12.5 Å². The lowest BCUT2D eigenvalue weighted by Gasteiger charge is -2.07. The molecule has 0 fully saturated rings. The van der Waals surface area contributed by atoms with E-state index in [9.17, 15) is 9.59 Å². The number of pyridine rings is 1. The molecule has 1 N–H and O–H groups in total. The van der Waals surface area contributed by atoms with E-state index in [1.54, 1.807) is 16.8 Å². The molecule has 4 nitrogen and oxygen atoms in total. The van der Waals surface area contributed by atoms with Crippen LogP contribution in [0.15, 0.2) is 23.1 Å². The molecule has 1 rings (SSSR count). The van der Waals surface area contributed by atoms with E-state index in [1.165, 1.54) is 6.07 Å². The highest BCUT2D eigenvalue weighted by Gasteiger charge is 2.01. The van der Waals surface area contributed by atoms with Crippen LogP contribution in [0.2, 0.25) is 0 Å². The Hall–Kier alpha value is -1.29. The van der Waals surface area contributed by atoms with Gasteiger partial charge in [0.05, 0.1) is 5.69 Å². The topological polar surface area (TPSA) is 51.1 Å². The van der Waals surface area contributed by atoms with E-state index in [2.05, 4.69) is 5.32 Å². The van der Waals surface area contributed by atoms with Gasteiger partial charge in [0, 0.05) is 18.8 Å². The van der Waals surface area contributed by atoms with Crippen molar-refractivity contribution in [2.24, 2.45) is 0 Å². The predicted molar refractivity (Wildman–Crippen MR) is 60.3 cm³/mol. The minimum absolute atomic E-state index is 0.0688. The summed E-state index contributed by atoms with van der Waals surface area (Å²) in [5.74, 6) is -0.370. The maximum atomic E-state index is 11.3. The molecule has 0 saturated heterocycles. The van der Waals surface area contributed by atoms with Gasteiger partial charge in [0.1, 0.15) is 5.88 Å². The zero-order valence-electron chi connectivity index (χ0n) is 8.50. The first-order valence-corrected chi connectivity index (χ1v) is 5.27. The molecular weight excluding hydrogens is 216 g/mol. The van der Waals surface area contributed by atoms with Gasteiger partial charge in [-0.1, -0.05) is 6.92 Å². The van der Waals surface area contributed by atoms with Crippen LogP contribution in [0.3, 0.4) is 0 Å². The minimum atomic E-state index is -0.279. The first-order valence-electron chi connectivity index (χ1n) is 4.73. The lowest BCUT2D eigenvalue weighted by molar-refractivity contribution is -0.113. The van der Waals surface area contributed by atoms with E-state index in [0.29, 0.717) is 12.2 Å². The fourth-order valence-corrected chi connectivity index (χ4v) is 1.28. The third kappa shape index (κ3) is 3.40. The fourth-order valence-electron chi connectivity index (χ4n) is 1.22. The highest BCUT2D eigenvalue weighted by molar-refractivity contribution is 6.29. The van der Waals surface area contributed by atoms with Crippen molar-refractivity contribution in [1.82, 2.24) is 4.57 Å². The first kappa shape index (κ1) is 11.8. The van der Waals surface area contributed by atoms with Crippen LogP contribution >= 0.6 is 11.6 Å². The van der Waals surface area contributed by atoms with Gasteiger partial charge in [0.2, 0.25) is 5.91 Å². The normalized spacial score (nSPS) is 10.0. The van der Waals surface area contributed by atoms with E-state index in [0.717, 1.165) is 6.42 Å². The van der Waals surface area contributed by atoms with E-state index < -0.39 is 0 Å². The van der Waals surface area contributed by atoms with Gasteiger partial charge < -0.3 is 9.88 Å². The summed E-state index contributed by atoms with van der Waals surface area (Å²) in [6, 6.07) is 3.00. The Balaban J connectivity index is 2.87. The maximum Gasteiger partial charge on any atom is 0.250 e. The van der Waals surface area contributed by atoms with Crippen LogP contribution in [-0.2, 0) is 11.3 Å². The summed E-state index contributed by atoms with van der Waals surface area (Å²) in [6.07, 6.45) is 2.49. The molecular formula is C10H13ClN2O2. The highest BCUT2D eigenvalue weighted by Crippen LogP contribution is 2.03. The van der Waals surface area contributed by atoms with Gasteiger partial charge in [-0.25, -0.2) is 0 Å². The summed E-state index contributed by atoms with van der Waals surface area (Å²) < 4.78 is 1.56. The standard InChI is InChI=1S/C10H13ClN2O2/c1-2-5-13-7-8(3-4-10(13)15)12-9(14)6-11/h3-4,7H,2,5-6H2,1H3,(H,12,14). The molecule has 0 aliphatic rings. The number of hydrogen-bond donors (Lipinski definition) is 1. The molecule has 0 saturated carbocycles. The smallest absolute Gasteiger partial charge is 0.250 e. The second-order valence-electron chi connectivity index (χ2n) is 3.13. The second-order valence-corrected chi connectivity index (χ2v) is 3.40. The average Bonchev–Trinajstić information content (AvgIpc) is 2.23. The average molecular weight is 229 g/mol. The van der Waals surface area contributed by atoms with Gasteiger partial charge in [-0.15, -0.1) is 11.6 Å². The molecule has 1 aromatic rings. The summed E-state index contributed by atoms with van der Waals surface area (Å²) in [4.78, 5) is 22.3. The molecule has 82 valence electrons. The summed E-state index contributed by atoms with van der Waals surface area (Å²) >= 11 is 5.35. The van der Waals surface area contributed by atoms with Gasteiger partial charge in [-0.2, -0.15) is 0 Å². The van der Waals surface area contributed by atoms with E-state index in [4.69, 9.17) is 11.6 Å². The lowest BCUT2D eigenvalue weighted by atomic mass is 10.3. The largest absolute Gasteiger partial charge is 0.324 e. The quantitative estimate of drug-likeness (QED) is 0.793. The fraction of sp³-hybridized carbons (Fsp3) is 0.400. The molecule has 1 amide bonds. The number of aromatic nitrogens is 1. The third-order valence-corrected chi connectivity index (χ3v) is 2.10. The van der Waals surface area contributed by atoms with Crippen molar-refractivity contribution in [2.45, 2.75) is 19.9 Å². The molecule has 15 heavy (non-hydrogen) atoms. The molecule has 0 bridgehead atoms. The Bertz CT molecular complexity index is 401. The van der Waals surface area contributed by atoms with Gasteiger partial charge in [0.25, 0.3) is 5.56 Å². The Morgan fingerprint density at radius 1 is 1.53 bits per heavy atom. The van der Waals surface area contributed by atoms with E-state index >= 15 is 0 Å². The minimum Gasteiger partial charge on any atom is -0.324 e. The van der Waals surface area contributed by atoms with Crippen LogP contribution in [0.4, 0.5) is 5.69 Å². The number of carbonyl (C=O) groups excluding carboxylic acids is 1.